The van der Waals surface area contributed by atoms with E-state index in [0.29, 0.717) is 0 Å². The third kappa shape index (κ3) is 3.70. The van der Waals surface area contributed by atoms with Gasteiger partial charge in [-0.3, -0.25) is 0 Å². The van der Waals surface area contributed by atoms with Crippen LogP contribution in [0.1, 0.15) is 33.6 Å². The Bertz CT molecular complexity index is 106. The number of hydrogen-bond acceptors (Lipinski definition) is 3. The van der Waals surface area contributed by atoms with Crippen LogP contribution in [-0.2, 0) is 0 Å². The fourth-order valence-corrected chi connectivity index (χ4v) is 1.15. The van der Waals surface area contributed by atoms with Crippen molar-refractivity contribution in [1.82, 2.24) is 0 Å². The predicted octanol–water partition coefficient (Wildman–Crippen LogP) is 0.484. The Morgan fingerprint density at radius 2 is 1.82 bits per heavy atom. The largest absolute Gasteiger partial charge is 0.387 e. The van der Waals surface area contributed by atoms with Crippen LogP contribution in [0.4, 0.5) is 0 Å². The summed E-state index contributed by atoms with van der Waals surface area (Å²) in [5.41, 5.74) is 0. The second kappa shape index (κ2) is 4.04. The number of rotatable bonds is 4. The van der Waals surface area contributed by atoms with Crippen molar-refractivity contribution in [2.45, 2.75) is 45.5 Å². The molecular weight excluding hydrogens is 144 g/mol. The Labute approximate surface area is 67.7 Å². The van der Waals surface area contributed by atoms with Crippen LogP contribution < -0.4 is 0 Å². The van der Waals surface area contributed by atoms with E-state index in [1.807, 2.05) is 6.92 Å². The topological polar surface area (TPSA) is 60.7 Å². The Balaban J connectivity index is 3.91. The monoisotopic (exact) mass is 162 g/mol. The van der Waals surface area contributed by atoms with Crippen molar-refractivity contribution in [2.24, 2.45) is 5.92 Å². The molecule has 0 aliphatic heterocycles. The van der Waals surface area contributed by atoms with Gasteiger partial charge in [-0.15, -0.1) is 0 Å². The smallest absolute Gasteiger partial charge is 0.186 e. The zero-order valence-corrected chi connectivity index (χ0v) is 7.41. The summed E-state index contributed by atoms with van der Waals surface area (Å²) in [4.78, 5) is 0. The minimum Gasteiger partial charge on any atom is -0.387 e. The lowest BCUT2D eigenvalue weighted by atomic mass is 9.94. The van der Waals surface area contributed by atoms with E-state index in [1.165, 1.54) is 6.92 Å². The summed E-state index contributed by atoms with van der Waals surface area (Å²) in [6.07, 6.45) is 0.689. The summed E-state index contributed by atoms with van der Waals surface area (Å²) in [6.45, 7) is 5.00. The van der Waals surface area contributed by atoms with Gasteiger partial charge in [0.05, 0.1) is 0 Å². The van der Waals surface area contributed by atoms with E-state index in [2.05, 4.69) is 0 Å². The molecule has 68 valence electrons. The maximum atomic E-state index is 9.29. The van der Waals surface area contributed by atoms with Crippen LogP contribution in [0.5, 0.6) is 0 Å². The summed E-state index contributed by atoms with van der Waals surface area (Å²) >= 11 is 0. The lowest BCUT2D eigenvalue weighted by Gasteiger charge is -2.27. The predicted molar refractivity (Wildman–Crippen MR) is 42.9 cm³/mol. The summed E-state index contributed by atoms with van der Waals surface area (Å²) in [6, 6.07) is 0. The van der Waals surface area contributed by atoms with E-state index in [0.717, 1.165) is 12.8 Å². The molecule has 2 atom stereocenters. The first-order chi connectivity index (χ1) is 4.89. The van der Waals surface area contributed by atoms with Crippen LogP contribution in [0.25, 0.3) is 0 Å². The second-order valence-electron chi connectivity index (χ2n) is 3.30. The van der Waals surface area contributed by atoms with E-state index in [-0.39, 0.29) is 5.92 Å². The maximum absolute atomic E-state index is 9.29. The van der Waals surface area contributed by atoms with Gasteiger partial charge in [-0.2, -0.15) is 0 Å². The summed E-state index contributed by atoms with van der Waals surface area (Å²) < 4.78 is 0. The zero-order chi connectivity index (χ0) is 9.07. The lowest BCUT2D eigenvalue weighted by molar-refractivity contribution is -0.224. The van der Waals surface area contributed by atoms with Gasteiger partial charge < -0.3 is 15.3 Å². The molecule has 0 bridgehead atoms. The van der Waals surface area contributed by atoms with E-state index < -0.39 is 11.9 Å². The number of hydrogen-bond donors (Lipinski definition) is 3. The van der Waals surface area contributed by atoms with Crippen LogP contribution in [0.3, 0.4) is 0 Å². The average molecular weight is 162 g/mol. The quantitative estimate of drug-likeness (QED) is 0.527. The lowest BCUT2D eigenvalue weighted by Crippen LogP contribution is -2.43. The Morgan fingerprint density at radius 3 is 2.09 bits per heavy atom. The summed E-state index contributed by atoms with van der Waals surface area (Å²) in [5.74, 6) is -2.03. The van der Waals surface area contributed by atoms with Gasteiger partial charge in [-0.25, -0.2) is 0 Å². The highest BCUT2D eigenvalue weighted by Gasteiger charge is 2.31. The van der Waals surface area contributed by atoms with Crippen LogP contribution in [-0.4, -0.2) is 27.2 Å². The molecule has 3 N–H and O–H groups in total. The van der Waals surface area contributed by atoms with Crippen LogP contribution in [0.2, 0.25) is 0 Å². The first-order valence-electron chi connectivity index (χ1n) is 4.02. The number of aliphatic hydroxyl groups excluding tert-OH is 1. The Morgan fingerprint density at radius 1 is 1.36 bits per heavy atom. The first-order valence-corrected chi connectivity index (χ1v) is 4.02. The van der Waals surface area contributed by atoms with Gasteiger partial charge in [-0.05, 0) is 19.3 Å². The van der Waals surface area contributed by atoms with Crippen LogP contribution in [0, 0.1) is 5.92 Å². The zero-order valence-electron chi connectivity index (χ0n) is 7.41. The molecule has 2 unspecified atom stereocenters. The summed E-state index contributed by atoms with van der Waals surface area (Å²) in [7, 11) is 0. The SMILES string of the molecule is CCCC(C)C(O)C(C)(O)O. The highest BCUT2D eigenvalue weighted by Crippen LogP contribution is 2.18. The van der Waals surface area contributed by atoms with E-state index in [4.69, 9.17) is 10.2 Å². The third-order valence-corrected chi connectivity index (χ3v) is 1.84. The molecule has 3 nitrogen and oxygen atoms in total. The van der Waals surface area contributed by atoms with Gasteiger partial charge in [0.1, 0.15) is 6.10 Å². The Kier molecular flexibility index (Phi) is 4.00. The fraction of sp³-hybridized carbons (Fsp3) is 1.00. The highest BCUT2D eigenvalue weighted by atomic mass is 16.5. The molecule has 0 aromatic heterocycles. The molecule has 0 saturated heterocycles. The number of aliphatic hydroxyl groups is 3. The van der Waals surface area contributed by atoms with Crippen molar-refractivity contribution in [1.29, 1.82) is 0 Å². The molecule has 0 radical (unpaired) electrons. The van der Waals surface area contributed by atoms with Gasteiger partial charge in [0.15, 0.2) is 5.79 Å². The fourth-order valence-electron chi connectivity index (χ4n) is 1.15. The molecule has 3 heteroatoms. The van der Waals surface area contributed by atoms with Gasteiger partial charge >= 0.3 is 0 Å². The minimum atomic E-state index is -1.96. The van der Waals surface area contributed by atoms with E-state index in [1.54, 1.807) is 6.92 Å². The van der Waals surface area contributed by atoms with Crippen LogP contribution >= 0.6 is 0 Å². The molecule has 0 aliphatic rings. The molecule has 0 amide bonds. The molecule has 0 heterocycles. The molecule has 0 aromatic carbocycles. The molecule has 0 rings (SSSR count). The van der Waals surface area contributed by atoms with Gasteiger partial charge in [0, 0.05) is 0 Å². The molecule has 0 aromatic rings. The third-order valence-electron chi connectivity index (χ3n) is 1.84. The normalized spacial score (nSPS) is 18.0. The van der Waals surface area contributed by atoms with Crippen molar-refractivity contribution < 1.29 is 15.3 Å². The van der Waals surface area contributed by atoms with Crippen molar-refractivity contribution in [2.75, 3.05) is 0 Å². The van der Waals surface area contributed by atoms with Gasteiger partial charge in [-0.1, -0.05) is 20.3 Å². The van der Waals surface area contributed by atoms with E-state index >= 15 is 0 Å². The maximum Gasteiger partial charge on any atom is 0.186 e. The second-order valence-corrected chi connectivity index (χ2v) is 3.30. The van der Waals surface area contributed by atoms with Crippen molar-refractivity contribution >= 4 is 0 Å². The molecule has 0 fully saturated rings. The van der Waals surface area contributed by atoms with Crippen molar-refractivity contribution in [3.8, 4) is 0 Å². The summed E-state index contributed by atoms with van der Waals surface area (Å²) in [5, 5.41) is 27.3. The highest BCUT2D eigenvalue weighted by molar-refractivity contribution is 4.74. The molecule has 0 aliphatic carbocycles. The molecular formula is C8H18O3. The van der Waals surface area contributed by atoms with Crippen LogP contribution in [0.15, 0.2) is 0 Å². The van der Waals surface area contributed by atoms with E-state index in [9.17, 15) is 5.11 Å². The molecule has 0 saturated carbocycles. The Hall–Kier alpha value is -0.120. The molecule has 11 heavy (non-hydrogen) atoms. The minimum absolute atomic E-state index is 0.0694. The molecule has 0 spiro atoms. The van der Waals surface area contributed by atoms with Gasteiger partial charge in [0.2, 0.25) is 0 Å². The standard InChI is InChI=1S/C8H18O3/c1-4-5-6(2)7(9)8(3,10)11/h6-7,9-11H,4-5H2,1-3H3. The average Bonchev–Trinajstić information content (AvgIpc) is 1.85. The van der Waals surface area contributed by atoms with Crippen molar-refractivity contribution in [3.63, 3.8) is 0 Å². The van der Waals surface area contributed by atoms with Crippen molar-refractivity contribution in [3.05, 3.63) is 0 Å². The first kappa shape index (κ1) is 10.9. The van der Waals surface area contributed by atoms with Gasteiger partial charge in [0.25, 0.3) is 0 Å².